The molecule has 2 aliphatic rings. The van der Waals surface area contributed by atoms with Gasteiger partial charge in [0.05, 0.1) is 19.8 Å². The molecule has 0 aromatic carbocycles. The predicted molar refractivity (Wildman–Crippen MR) is 138 cm³/mol. The highest BCUT2D eigenvalue weighted by atomic mass is 32.2. The zero-order valence-electron chi connectivity index (χ0n) is 20.3. The van der Waals surface area contributed by atoms with Crippen LogP contribution >= 0.6 is 11.8 Å². The SMILES string of the molecule is C=C(/N=C/C1=C(CC)N=C(N2CCOCC2)SC1)N(C)/N=C(\C/C=C/C)C(CC)COC. The minimum absolute atomic E-state index is 0.271. The van der Waals surface area contributed by atoms with Gasteiger partial charge >= 0.3 is 0 Å². The Bertz CT molecular complexity index is 766. The second-order valence-electron chi connectivity index (χ2n) is 7.73. The average molecular weight is 462 g/mol. The van der Waals surface area contributed by atoms with Gasteiger partial charge in [0.2, 0.25) is 0 Å². The summed E-state index contributed by atoms with van der Waals surface area (Å²) in [6, 6.07) is 0. The van der Waals surface area contributed by atoms with Crippen LogP contribution in [0.4, 0.5) is 0 Å². The molecule has 7 nitrogen and oxygen atoms in total. The molecule has 0 spiro atoms. The molecule has 0 aromatic heterocycles. The molecular weight excluding hydrogens is 422 g/mol. The second-order valence-corrected chi connectivity index (χ2v) is 8.67. The van der Waals surface area contributed by atoms with Crippen molar-refractivity contribution >= 4 is 28.9 Å². The molecule has 32 heavy (non-hydrogen) atoms. The summed E-state index contributed by atoms with van der Waals surface area (Å²) in [7, 11) is 3.63. The number of allylic oxidation sites excluding steroid dienone is 3. The van der Waals surface area contributed by atoms with E-state index >= 15 is 0 Å². The minimum Gasteiger partial charge on any atom is -0.384 e. The van der Waals surface area contributed by atoms with Crippen molar-refractivity contribution in [1.82, 2.24) is 9.91 Å². The summed E-state index contributed by atoms with van der Waals surface area (Å²) in [5.74, 6) is 1.74. The Balaban J connectivity index is 2.12. The zero-order valence-corrected chi connectivity index (χ0v) is 21.2. The summed E-state index contributed by atoms with van der Waals surface area (Å²) in [5, 5.41) is 7.68. The Labute approximate surface area is 198 Å². The van der Waals surface area contributed by atoms with Gasteiger partial charge in [-0.15, -0.1) is 0 Å². The summed E-state index contributed by atoms with van der Waals surface area (Å²) in [4.78, 5) is 11.9. The molecule has 178 valence electrons. The molecule has 1 unspecified atom stereocenters. The Morgan fingerprint density at radius 2 is 2.12 bits per heavy atom. The number of hydrogen-bond donors (Lipinski definition) is 0. The van der Waals surface area contributed by atoms with Crippen LogP contribution in [-0.2, 0) is 9.47 Å². The van der Waals surface area contributed by atoms with Gasteiger partial charge in [-0.1, -0.05) is 44.3 Å². The summed E-state index contributed by atoms with van der Waals surface area (Å²) < 4.78 is 10.9. The van der Waals surface area contributed by atoms with Crippen LogP contribution in [-0.4, -0.2) is 79.8 Å². The van der Waals surface area contributed by atoms with Gasteiger partial charge in [-0.25, -0.2) is 9.98 Å². The van der Waals surface area contributed by atoms with Crippen LogP contribution in [0.2, 0.25) is 0 Å². The van der Waals surface area contributed by atoms with Crippen molar-refractivity contribution in [2.45, 2.75) is 40.0 Å². The molecule has 0 saturated carbocycles. The summed E-state index contributed by atoms with van der Waals surface area (Å²) in [6.07, 6.45) is 8.71. The molecule has 1 fully saturated rings. The van der Waals surface area contributed by atoms with E-state index in [4.69, 9.17) is 19.6 Å². The summed E-state index contributed by atoms with van der Waals surface area (Å²) in [6.45, 7) is 14.5. The van der Waals surface area contributed by atoms with E-state index < -0.39 is 0 Å². The highest BCUT2D eigenvalue weighted by Crippen LogP contribution is 2.26. The maximum absolute atomic E-state index is 5.46. The third kappa shape index (κ3) is 7.90. The average Bonchev–Trinajstić information content (AvgIpc) is 2.83. The van der Waals surface area contributed by atoms with E-state index in [9.17, 15) is 0 Å². The number of morpholine rings is 1. The monoisotopic (exact) mass is 461 g/mol. The molecule has 0 aromatic rings. The molecule has 0 radical (unpaired) electrons. The quantitative estimate of drug-likeness (QED) is 0.257. The lowest BCUT2D eigenvalue weighted by atomic mass is 9.98. The molecule has 2 aliphatic heterocycles. The number of hydrogen-bond acceptors (Lipinski definition) is 8. The van der Waals surface area contributed by atoms with Crippen LogP contribution in [0, 0.1) is 5.92 Å². The molecule has 8 heteroatoms. The largest absolute Gasteiger partial charge is 0.384 e. The van der Waals surface area contributed by atoms with E-state index in [2.05, 4.69) is 36.4 Å². The van der Waals surface area contributed by atoms with E-state index in [0.29, 0.717) is 12.4 Å². The topological polar surface area (TPSA) is 62.0 Å². The van der Waals surface area contributed by atoms with Crippen molar-refractivity contribution in [1.29, 1.82) is 0 Å². The number of amidine groups is 1. The van der Waals surface area contributed by atoms with Crippen LogP contribution < -0.4 is 0 Å². The van der Waals surface area contributed by atoms with E-state index in [1.54, 1.807) is 23.9 Å². The van der Waals surface area contributed by atoms with Gasteiger partial charge in [0.15, 0.2) is 5.17 Å². The standard InChI is InChI=1S/C24H39N5O2S/c1-7-10-11-23(20(8-2)17-30-6)27-28(5)19(4)25-16-21-18-32-24(26-22(21)9-3)29-12-14-31-15-13-29/h7,10,16,20H,4,8-9,11-15,17-18H2,1-3,5-6H3/b10-7+,25-16+,27-23+. The van der Waals surface area contributed by atoms with Gasteiger partial charge < -0.3 is 14.4 Å². The zero-order chi connectivity index (χ0) is 23.3. The Morgan fingerprint density at radius 3 is 2.75 bits per heavy atom. The molecule has 0 N–H and O–H groups in total. The van der Waals surface area contributed by atoms with E-state index in [0.717, 1.165) is 73.5 Å². The molecule has 2 rings (SSSR count). The van der Waals surface area contributed by atoms with Crippen LogP contribution in [0.5, 0.6) is 0 Å². The molecule has 2 heterocycles. The van der Waals surface area contributed by atoms with Crippen molar-refractivity contribution in [3.63, 3.8) is 0 Å². The number of aliphatic imine (C=N–C) groups is 2. The lowest BCUT2D eigenvalue weighted by Crippen LogP contribution is -2.40. The predicted octanol–water partition coefficient (Wildman–Crippen LogP) is 4.55. The summed E-state index contributed by atoms with van der Waals surface area (Å²) in [5.41, 5.74) is 3.31. The Kier molecular flexibility index (Phi) is 11.8. The van der Waals surface area contributed by atoms with Crippen LogP contribution in [0.3, 0.4) is 0 Å². The van der Waals surface area contributed by atoms with Gasteiger partial charge in [-0.3, -0.25) is 5.01 Å². The first kappa shape index (κ1) is 26.4. The molecule has 0 aliphatic carbocycles. The fourth-order valence-electron chi connectivity index (χ4n) is 3.44. The summed E-state index contributed by atoms with van der Waals surface area (Å²) >= 11 is 1.77. The number of rotatable bonds is 11. The van der Waals surface area contributed by atoms with Crippen LogP contribution in [0.25, 0.3) is 0 Å². The number of thioether (sulfide) groups is 1. The lowest BCUT2D eigenvalue weighted by Gasteiger charge is -2.31. The number of ether oxygens (including phenoxy) is 2. The minimum atomic E-state index is 0.271. The van der Waals surface area contributed by atoms with Crippen LogP contribution in [0.15, 0.2) is 50.9 Å². The Morgan fingerprint density at radius 1 is 1.38 bits per heavy atom. The van der Waals surface area contributed by atoms with Gasteiger partial charge in [0.25, 0.3) is 0 Å². The van der Waals surface area contributed by atoms with Crippen molar-refractivity contribution in [3.05, 3.63) is 35.8 Å². The van der Waals surface area contributed by atoms with Gasteiger partial charge in [-0.05, 0) is 19.8 Å². The van der Waals surface area contributed by atoms with Crippen molar-refractivity contribution < 1.29 is 9.47 Å². The van der Waals surface area contributed by atoms with Crippen LogP contribution in [0.1, 0.15) is 40.0 Å². The highest BCUT2D eigenvalue weighted by Gasteiger charge is 2.21. The maximum Gasteiger partial charge on any atom is 0.164 e. The highest BCUT2D eigenvalue weighted by molar-refractivity contribution is 8.14. The maximum atomic E-state index is 5.46. The Hall–Kier alpha value is -1.90. The van der Waals surface area contributed by atoms with Crippen molar-refractivity contribution in [2.24, 2.45) is 21.0 Å². The first-order valence-electron chi connectivity index (χ1n) is 11.4. The molecule has 0 amide bonds. The fraction of sp³-hybridized carbons (Fsp3) is 0.625. The fourth-order valence-corrected chi connectivity index (χ4v) is 4.51. The van der Waals surface area contributed by atoms with Gasteiger partial charge in [0, 0.05) is 68.5 Å². The second kappa shape index (κ2) is 14.3. The van der Waals surface area contributed by atoms with E-state index in [1.807, 2.05) is 26.3 Å². The number of hydrazone groups is 1. The third-order valence-electron chi connectivity index (χ3n) is 5.49. The van der Waals surface area contributed by atoms with Crippen molar-refractivity contribution in [2.75, 3.05) is 52.8 Å². The normalized spacial score (nSPS) is 19.1. The third-order valence-corrected chi connectivity index (χ3v) is 6.55. The smallest absolute Gasteiger partial charge is 0.164 e. The van der Waals surface area contributed by atoms with E-state index in [-0.39, 0.29) is 5.92 Å². The van der Waals surface area contributed by atoms with Crippen molar-refractivity contribution in [3.8, 4) is 0 Å². The lowest BCUT2D eigenvalue weighted by molar-refractivity contribution is 0.0693. The first-order chi connectivity index (χ1) is 15.5. The van der Waals surface area contributed by atoms with Gasteiger partial charge in [0.1, 0.15) is 5.82 Å². The molecular formula is C24H39N5O2S. The van der Waals surface area contributed by atoms with Gasteiger partial charge in [-0.2, -0.15) is 5.10 Å². The molecule has 1 saturated heterocycles. The van der Waals surface area contributed by atoms with E-state index in [1.165, 1.54) is 0 Å². The molecule has 0 bridgehead atoms. The first-order valence-corrected chi connectivity index (χ1v) is 12.4. The number of methoxy groups -OCH3 is 1. The number of nitrogens with zero attached hydrogens (tertiary/aromatic N) is 5. The molecule has 1 atom stereocenters.